The van der Waals surface area contributed by atoms with E-state index in [0.29, 0.717) is 22.3 Å². The summed E-state index contributed by atoms with van der Waals surface area (Å²) >= 11 is 1.58. The molecule has 0 N–H and O–H groups in total. The average molecular weight is 276 g/mol. The molecule has 0 unspecified atom stereocenters. The molecule has 0 saturated carbocycles. The lowest BCUT2D eigenvalue weighted by Gasteiger charge is -2.01. The van der Waals surface area contributed by atoms with E-state index in [1.54, 1.807) is 24.3 Å². The number of hydrogen-bond acceptors (Lipinski definition) is 3. The number of allylic oxidation sites excluding steroid dienone is 4. The van der Waals surface area contributed by atoms with Gasteiger partial charge in [0.25, 0.3) is 5.70 Å². The predicted molar refractivity (Wildman–Crippen MR) is 79.0 cm³/mol. The molecule has 94 valence electrons. The van der Waals surface area contributed by atoms with Crippen molar-refractivity contribution < 1.29 is 4.79 Å². The van der Waals surface area contributed by atoms with Crippen molar-refractivity contribution in [3.63, 3.8) is 0 Å². The van der Waals surface area contributed by atoms with Crippen molar-refractivity contribution in [2.45, 2.75) is 6.92 Å². The highest BCUT2D eigenvalue weighted by molar-refractivity contribution is 7.17. The third-order valence-electron chi connectivity index (χ3n) is 3.36. The molecule has 1 aromatic carbocycles. The van der Waals surface area contributed by atoms with Gasteiger partial charge >= 0.3 is 0 Å². The van der Waals surface area contributed by atoms with Crippen molar-refractivity contribution >= 4 is 32.8 Å². The van der Waals surface area contributed by atoms with Crippen molar-refractivity contribution in [3.8, 4) is 6.07 Å². The zero-order valence-electron chi connectivity index (χ0n) is 10.6. The van der Waals surface area contributed by atoms with Gasteiger partial charge in [0, 0.05) is 21.4 Å². The summed E-state index contributed by atoms with van der Waals surface area (Å²) in [5.41, 5.74) is 2.17. The zero-order valence-corrected chi connectivity index (χ0v) is 11.4. The second kappa shape index (κ2) is 4.45. The fraction of sp³-hybridized carbons (Fsp3) is 0.0625. The van der Waals surface area contributed by atoms with E-state index in [1.165, 1.54) is 0 Å². The SMILES string of the molecule is [C-]#[N+]/C(C#N)=C1\C(=C\C)C(=O)c2cc3ccsc3cc21. The van der Waals surface area contributed by atoms with Crippen LogP contribution in [0.15, 0.2) is 40.9 Å². The predicted octanol–water partition coefficient (Wildman–Crippen LogP) is 4.20. The Bertz CT molecular complexity index is 885. The van der Waals surface area contributed by atoms with Crippen LogP contribution in [0.25, 0.3) is 20.5 Å². The number of fused-ring (bicyclic) bond motifs is 2. The highest BCUT2D eigenvalue weighted by Crippen LogP contribution is 2.41. The Morgan fingerprint density at radius 1 is 1.45 bits per heavy atom. The molecule has 0 aliphatic heterocycles. The van der Waals surface area contributed by atoms with Gasteiger partial charge in [0.15, 0.2) is 5.78 Å². The maximum absolute atomic E-state index is 12.4. The van der Waals surface area contributed by atoms with Crippen LogP contribution < -0.4 is 0 Å². The first-order valence-corrected chi connectivity index (χ1v) is 6.84. The van der Waals surface area contributed by atoms with Crippen LogP contribution in [0.5, 0.6) is 0 Å². The molecule has 4 heteroatoms. The Hall–Kier alpha value is -2.69. The molecule has 3 rings (SSSR count). The van der Waals surface area contributed by atoms with Crippen LogP contribution in [0.1, 0.15) is 22.8 Å². The van der Waals surface area contributed by atoms with Crippen molar-refractivity contribution in [1.29, 1.82) is 5.26 Å². The molecule has 0 saturated heterocycles. The van der Waals surface area contributed by atoms with E-state index in [9.17, 15) is 4.79 Å². The Morgan fingerprint density at radius 3 is 2.90 bits per heavy atom. The topological polar surface area (TPSA) is 45.2 Å². The molecule has 0 fully saturated rings. The lowest BCUT2D eigenvalue weighted by atomic mass is 10.0. The summed E-state index contributed by atoms with van der Waals surface area (Å²) in [4.78, 5) is 15.7. The van der Waals surface area contributed by atoms with Crippen molar-refractivity contribution in [3.05, 3.63) is 63.5 Å². The monoisotopic (exact) mass is 276 g/mol. The molecule has 0 atom stereocenters. The number of thiophene rings is 1. The largest absolute Gasteiger partial charge is 0.289 e. The molecule has 1 aliphatic carbocycles. The number of hydrogen-bond donors (Lipinski definition) is 0. The van der Waals surface area contributed by atoms with Crippen LogP contribution >= 0.6 is 11.3 Å². The maximum Gasteiger partial charge on any atom is 0.270 e. The number of nitriles is 1. The Labute approximate surface area is 119 Å². The van der Waals surface area contributed by atoms with Gasteiger partial charge in [0.1, 0.15) is 0 Å². The van der Waals surface area contributed by atoms with E-state index in [2.05, 4.69) is 4.85 Å². The molecule has 0 bridgehead atoms. The Balaban J connectivity index is 2.45. The first-order chi connectivity index (χ1) is 9.71. The zero-order chi connectivity index (χ0) is 14.3. The summed E-state index contributed by atoms with van der Waals surface area (Å²) in [5.74, 6) is -0.109. The number of rotatable bonds is 0. The van der Waals surface area contributed by atoms with E-state index in [-0.39, 0.29) is 11.5 Å². The molecular weight excluding hydrogens is 268 g/mol. The number of carbonyl (C=O) groups is 1. The van der Waals surface area contributed by atoms with Gasteiger partial charge in [0.05, 0.1) is 12.6 Å². The van der Waals surface area contributed by atoms with Crippen LogP contribution in [0.2, 0.25) is 0 Å². The molecule has 20 heavy (non-hydrogen) atoms. The molecule has 1 heterocycles. The fourth-order valence-electron chi connectivity index (χ4n) is 2.48. The van der Waals surface area contributed by atoms with Gasteiger partial charge in [-0.25, -0.2) is 10.1 Å². The number of Topliss-reactive ketones (excluding diaryl/α,β-unsaturated/α-hetero) is 1. The molecule has 3 nitrogen and oxygen atoms in total. The number of carbonyl (C=O) groups excluding carboxylic acids is 1. The summed E-state index contributed by atoms with van der Waals surface area (Å²) in [7, 11) is 0. The van der Waals surface area contributed by atoms with E-state index in [0.717, 1.165) is 10.1 Å². The lowest BCUT2D eigenvalue weighted by Crippen LogP contribution is -1.94. The average Bonchev–Trinajstić information content (AvgIpc) is 3.02. The quantitative estimate of drug-likeness (QED) is 0.411. The summed E-state index contributed by atoms with van der Waals surface area (Å²) in [6.07, 6.45) is 1.67. The van der Waals surface area contributed by atoms with E-state index in [1.807, 2.05) is 29.6 Å². The van der Waals surface area contributed by atoms with E-state index in [4.69, 9.17) is 11.8 Å². The number of benzene rings is 1. The van der Waals surface area contributed by atoms with Gasteiger partial charge in [0.2, 0.25) is 0 Å². The first kappa shape index (κ1) is 12.3. The standard InChI is InChI=1S/C16H8N2OS/c1-3-10-15(13(8-17)18-2)11-7-14-9(4-5-20-14)6-12(11)16(10)19/h3-7H,1H3/b10-3-,15-13+. The fourth-order valence-corrected chi connectivity index (χ4v) is 3.29. The minimum Gasteiger partial charge on any atom is -0.289 e. The lowest BCUT2D eigenvalue weighted by molar-refractivity contribution is 0.104. The smallest absolute Gasteiger partial charge is 0.270 e. The van der Waals surface area contributed by atoms with Gasteiger partial charge in [-0.3, -0.25) is 4.79 Å². The van der Waals surface area contributed by atoms with Gasteiger partial charge in [-0.15, -0.1) is 11.3 Å². The van der Waals surface area contributed by atoms with Gasteiger partial charge in [-0.2, -0.15) is 0 Å². The summed E-state index contributed by atoms with van der Waals surface area (Å²) in [6, 6.07) is 7.61. The minimum absolute atomic E-state index is 0.0268. The molecular formula is C16H8N2OS. The Morgan fingerprint density at radius 2 is 2.25 bits per heavy atom. The molecule has 0 spiro atoms. The third-order valence-corrected chi connectivity index (χ3v) is 4.24. The van der Waals surface area contributed by atoms with Crippen LogP contribution in [0, 0.1) is 17.9 Å². The van der Waals surface area contributed by atoms with Crippen LogP contribution in [0.3, 0.4) is 0 Å². The minimum atomic E-state index is -0.109. The van der Waals surface area contributed by atoms with Gasteiger partial charge in [-0.05, 0) is 41.5 Å². The number of ketones is 1. The third kappa shape index (κ3) is 1.53. The Kier molecular flexibility index (Phi) is 2.75. The molecule has 1 aromatic heterocycles. The van der Waals surface area contributed by atoms with Crippen LogP contribution in [-0.4, -0.2) is 5.78 Å². The maximum atomic E-state index is 12.4. The first-order valence-electron chi connectivity index (χ1n) is 5.96. The van der Waals surface area contributed by atoms with Gasteiger partial charge in [-0.1, -0.05) is 6.08 Å². The van der Waals surface area contributed by atoms with Gasteiger partial charge < -0.3 is 0 Å². The summed E-state index contributed by atoms with van der Waals surface area (Å²) < 4.78 is 1.05. The number of nitrogens with zero attached hydrogens (tertiary/aromatic N) is 2. The van der Waals surface area contributed by atoms with E-state index < -0.39 is 0 Å². The highest BCUT2D eigenvalue weighted by atomic mass is 32.1. The summed E-state index contributed by atoms with van der Waals surface area (Å²) in [6.45, 7) is 8.89. The molecule has 0 amide bonds. The van der Waals surface area contributed by atoms with Crippen molar-refractivity contribution in [2.75, 3.05) is 0 Å². The van der Waals surface area contributed by atoms with E-state index >= 15 is 0 Å². The van der Waals surface area contributed by atoms with Crippen LogP contribution in [0.4, 0.5) is 0 Å². The highest BCUT2D eigenvalue weighted by Gasteiger charge is 2.32. The second-order valence-electron chi connectivity index (χ2n) is 4.33. The second-order valence-corrected chi connectivity index (χ2v) is 5.28. The molecule has 1 aliphatic rings. The summed E-state index contributed by atoms with van der Waals surface area (Å²) in [5, 5.41) is 12.1. The molecule has 0 radical (unpaired) electrons. The molecule has 2 aromatic rings. The normalized spacial score (nSPS) is 17.9. The van der Waals surface area contributed by atoms with Crippen LogP contribution in [-0.2, 0) is 0 Å². The van der Waals surface area contributed by atoms with Crippen molar-refractivity contribution in [1.82, 2.24) is 0 Å². The van der Waals surface area contributed by atoms with Crippen molar-refractivity contribution in [2.24, 2.45) is 0 Å².